The Morgan fingerprint density at radius 3 is 2.53 bits per heavy atom. The van der Waals surface area contributed by atoms with Crippen molar-refractivity contribution in [2.24, 2.45) is 10.8 Å². The van der Waals surface area contributed by atoms with Gasteiger partial charge >= 0.3 is 5.97 Å². The molecule has 0 aromatic heterocycles. The largest absolute Gasteiger partial charge is 0.462 e. The van der Waals surface area contributed by atoms with Crippen LogP contribution in [-0.4, -0.2) is 24.3 Å². The van der Waals surface area contributed by atoms with Gasteiger partial charge in [-0.05, 0) is 42.9 Å². The highest BCUT2D eigenvalue weighted by molar-refractivity contribution is 5.89. The average Bonchev–Trinajstić information content (AvgIpc) is 2.32. The van der Waals surface area contributed by atoms with Crippen LogP contribution in [0.1, 0.15) is 59.3 Å². The van der Waals surface area contributed by atoms with Crippen molar-refractivity contribution in [3.63, 3.8) is 0 Å². The fraction of sp³-hybridized carbons (Fsp3) is 0.812. The SMILES string of the molecule is C=C(C(=O)OCCCCO)C1(C)CCCC(C)(C)C1. The molecule has 0 aromatic carbocycles. The van der Waals surface area contributed by atoms with E-state index in [1.807, 2.05) is 0 Å². The van der Waals surface area contributed by atoms with Gasteiger partial charge in [-0.2, -0.15) is 0 Å². The zero-order valence-electron chi connectivity index (χ0n) is 12.6. The summed E-state index contributed by atoms with van der Waals surface area (Å²) in [6.45, 7) is 11.1. The molecule has 110 valence electrons. The topological polar surface area (TPSA) is 46.5 Å². The van der Waals surface area contributed by atoms with Crippen molar-refractivity contribution < 1.29 is 14.6 Å². The molecular weight excluding hydrogens is 240 g/mol. The Balaban J connectivity index is 2.53. The van der Waals surface area contributed by atoms with Crippen molar-refractivity contribution in [3.05, 3.63) is 12.2 Å². The molecule has 0 aromatic rings. The van der Waals surface area contributed by atoms with Gasteiger partial charge in [-0.3, -0.25) is 0 Å². The highest BCUT2D eigenvalue weighted by Crippen LogP contribution is 2.49. The minimum Gasteiger partial charge on any atom is -0.462 e. The Morgan fingerprint density at radius 2 is 1.95 bits per heavy atom. The zero-order valence-corrected chi connectivity index (χ0v) is 12.6. The molecule has 1 aliphatic carbocycles. The monoisotopic (exact) mass is 268 g/mol. The van der Waals surface area contributed by atoms with Gasteiger partial charge in [0, 0.05) is 12.2 Å². The average molecular weight is 268 g/mol. The van der Waals surface area contributed by atoms with Gasteiger partial charge in [-0.15, -0.1) is 0 Å². The third-order valence-electron chi connectivity index (χ3n) is 4.21. The fourth-order valence-corrected chi connectivity index (χ4v) is 3.16. The molecule has 0 amide bonds. The van der Waals surface area contributed by atoms with Crippen molar-refractivity contribution >= 4 is 5.97 Å². The maximum Gasteiger partial charge on any atom is 0.333 e. The first-order valence-corrected chi connectivity index (χ1v) is 7.28. The third-order valence-corrected chi connectivity index (χ3v) is 4.21. The van der Waals surface area contributed by atoms with E-state index in [9.17, 15) is 4.79 Å². The molecule has 1 rings (SSSR count). The summed E-state index contributed by atoms with van der Waals surface area (Å²) in [5.41, 5.74) is 0.757. The number of aliphatic hydroxyl groups excluding tert-OH is 1. The lowest BCUT2D eigenvalue weighted by atomic mass is 9.62. The summed E-state index contributed by atoms with van der Waals surface area (Å²) in [6, 6.07) is 0. The number of rotatable bonds is 6. The zero-order chi connectivity index (χ0) is 14.5. The molecule has 0 heterocycles. The first kappa shape index (κ1) is 16.2. The summed E-state index contributed by atoms with van der Waals surface area (Å²) in [5.74, 6) is -0.266. The normalized spacial score (nSPS) is 25.9. The Hall–Kier alpha value is -0.830. The van der Waals surface area contributed by atoms with Crippen LogP contribution in [0, 0.1) is 10.8 Å². The van der Waals surface area contributed by atoms with Crippen LogP contribution in [0.25, 0.3) is 0 Å². The summed E-state index contributed by atoms with van der Waals surface area (Å²) in [6.07, 6.45) is 5.73. The van der Waals surface area contributed by atoms with Crippen molar-refractivity contribution in [2.75, 3.05) is 13.2 Å². The van der Waals surface area contributed by atoms with Crippen molar-refractivity contribution in [1.82, 2.24) is 0 Å². The number of hydrogen-bond donors (Lipinski definition) is 1. The molecule has 0 saturated heterocycles. The maximum atomic E-state index is 12.0. The summed E-state index contributed by atoms with van der Waals surface area (Å²) in [7, 11) is 0. The molecule has 3 heteroatoms. The van der Waals surface area contributed by atoms with Gasteiger partial charge in [0.05, 0.1) is 6.61 Å². The van der Waals surface area contributed by atoms with E-state index in [1.165, 1.54) is 6.42 Å². The van der Waals surface area contributed by atoms with E-state index in [-0.39, 0.29) is 23.4 Å². The molecule has 0 bridgehead atoms. The lowest BCUT2D eigenvalue weighted by molar-refractivity contribution is -0.141. The molecular formula is C16H28O3. The molecule has 1 saturated carbocycles. The van der Waals surface area contributed by atoms with Crippen LogP contribution in [0.5, 0.6) is 0 Å². The van der Waals surface area contributed by atoms with Gasteiger partial charge in [0.15, 0.2) is 0 Å². The summed E-state index contributed by atoms with van der Waals surface area (Å²) >= 11 is 0. The Labute approximate surface area is 117 Å². The number of carbonyl (C=O) groups excluding carboxylic acids is 1. The number of unbranched alkanes of at least 4 members (excludes halogenated alkanes) is 1. The van der Waals surface area contributed by atoms with Gasteiger partial charge in [-0.25, -0.2) is 4.79 Å². The van der Waals surface area contributed by atoms with Crippen LogP contribution in [0.2, 0.25) is 0 Å². The molecule has 1 aliphatic rings. The van der Waals surface area contributed by atoms with Crippen LogP contribution in [0.4, 0.5) is 0 Å². The number of esters is 1. The Morgan fingerprint density at radius 1 is 1.26 bits per heavy atom. The van der Waals surface area contributed by atoms with Crippen LogP contribution in [0.15, 0.2) is 12.2 Å². The van der Waals surface area contributed by atoms with Crippen molar-refractivity contribution in [1.29, 1.82) is 0 Å². The highest BCUT2D eigenvalue weighted by atomic mass is 16.5. The van der Waals surface area contributed by atoms with Gasteiger partial charge in [0.25, 0.3) is 0 Å². The van der Waals surface area contributed by atoms with E-state index < -0.39 is 0 Å². The summed E-state index contributed by atoms with van der Waals surface area (Å²) in [5, 5.41) is 8.69. The molecule has 0 radical (unpaired) electrons. The molecule has 19 heavy (non-hydrogen) atoms. The van der Waals surface area contributed by atoms with Gasteiger partial charge in [0.2, 0.25) is 0 Å². The van der Waals surface area contributed by atoms with Gasteiger partial charge < -0.3 is 9.84 Å². The van der Waals surface area contributed by atoms with E-state index in [0.717, 1.165) is 19.3 Å². The molecule has 0 aliphatic heterocycles. The van der Waals surface area contributed by atoms with Gasteiger partial charge in [0.1, 0.15) is 0 Å². The molecule has 1 atom stereocenters. The lowest BCUT2D eigenvalue weighted by Gasteiger charge is -2.43. The number of hydrogen-bond acceptors (Lipinski definition) is 3. The first-order chi connectivity index (χ1) is 8.81. The van der Waals surface area contributed by atoms with E-state index in [4.69, 9.17) is 9.84 Å². The molecule has 1 N–H and O–H groups in total. The second-order valence-electron chi connectivity index (χ2n) is 6.80. The molecule has 1 unspecified atom stereocenters. The van der Waals surface area contributed by atoms with Crippen molar-refractivity contribution in [2.45, 2.75) is 59.3 Å². The van der Waals surface area contributed by atoms with E-state index in [0.29, 0.717) is 25.0 Å². The summed E-state index contributed by atoms with van der Waals surface area (Å²) < 4.78 is 5.24. The predicted molar refractivity (Wildman–Crippen MR) is 76.8 cm³/mol. The second-order valence-corrected chi connectivity index (χ2v) is 6.80. The van der Waals surface area contributed by atoms with E-state index in [1.54, 1.807) is 0 Å². The molecule has 1 fully saturated rings. The minimum absolute atomic E-state index is 0.129. The lowest BCUT2D eigenvalue weighted by Crippen LogP contribution is -2.35. The van der Waals surface area contributed by atoms with Crippen molar-refractivity contribution in [3.8, 4) is 0 Å². The minimum atomic E-state index is -0.266. The van der Waals surface area contributed by atoms with Gasteiger partial charge in [-0.1, -0.05) is 33.8 Å². The predicted octanol–water partition coefficient (Wildman–Crippen LogP) is 3.46. The second kappa shape index (κ2) is 6.56. The smallest absolute Gasteiger partial charge is 0.333 e. The summed E-state index contributed by atoms with van der Waals surface area (Å²) in [4.78, 5) is 12.0. The van der Waals surface area contributed by atoms with Crippen LogP contribution < -0.4 is 0 Å². The standard InChI is InChI=1S/C16H28O3/c1-13(14(18)19-11-6-5-10-17)16(4)9-7-8-15(2,3)12-16/h17H,1,5-12H2,2-4H3. The molecule has 3 nitrogen and oxygen atoms in total. The number of carbonyl (C=O) groups is 1. The Bertz CT molecular complexity index is 333. The quantitative estimate of drug-likeness (QED) is 0.456. The number of ether oxygens (including phenoxy) is 1. The van der Waals surface area contributed by atoms with Crippen LogP contribution in [0.3, 0.4) is 0 Å². The van der Waals surface area contributed by atoms with Crippen LogP contribution in [-0.2, 0) is 9.53 Å². The highest BCUT2D eigenvalue weighted by Gasteiger charge is 2.40. The number of aliphatic hydroxyl groups is 1. The fourth-order valence-electron chi connectivity index (χ4n) is 3.16. The van der Waals surface area contributed by atoms with E-state index >= 15 is 0 Å². The maximum absolute atomic E-state index is 12.0. The molecule has 0 spiro atoms. The first-order valence-electron chi connectivity index (χ1n) is 7.28. The Kier molecular flexibility index (Phi) is 5.60. The van der Waals surface area contributed by atoms with E-state index in [2.05, 4.69) is 27.4 Å². The third kappa shape index (κ3) is 4.64. The van der Waals surface area contributed by atoms with Crippen LogP contribution >= 0.6 is 0 Å².